The van der Waals surface area contributed by atoms with E-state index in [0.717, 1.165) is 28.4 Å². The quantitative estimate of drug-likeness (QED) is 0.457. The van der Waals surface area contributed by atoms with Crippen LogP contribution in [0.2, 0.25) is 0 Å². The predicted molar refractivity (Wildman–Crippen MR) is 127 cm³/mol. The molecule has 4 rings (SSSR count). The summed E-state index contributed by atoms with van der Waals surface area (Å²) in [5.74, 6) is 2.93. The van der Waals surface area contributed by atoms with E-state index < -0.39 is 0 Å². The number of fused-ring (bicyclic) bond motifs is 1. The molecule has 0 saturated carbocycles. The number of carbonyl (C=O) groups is 1. The van der Waals surface area contributed by atoms with Crippen molar-refractivity contribution in [2.24, 2.45) is 0 Å². The minimum atomic E-state index is -0.268. The van der Waals surface area contributed by atoms with Crippen LogP contribution in [-0.4, -0.2) is 40.6 Å². The summed E-state index contributed by atoms with van der Waals surface area (Å²) in [7, 11) is 0. The average molecular weight is 469 g/mol. The Morgan fingerprint density at radius 3 is 2.73 bits per heavy atom. The lowest BCUT2D eigenvalue weighted by Crippen LogP contribution is -2.37. The van der Waals surface area contributed by atoms with Crippen molar-refractivity contribution in [1.29, 1.82) is 0 Å². The Kier molecular flexibility index (Phi) is 6.69. The molecule has 1 amide bonds. The lowest BCUT2D eigenvalue weighted by Gasteiger charge is -2.26. The maximum absolute atomic E-state index is 12.6. The monoisotopic (exact) mass is 468 g/mol. The average Bonchev–Trinajstić information content (AvgIpc) is 3.43. The van der Waals surface area contributed by atoms with Crippen LogP contribution in [0.1, 0.15) is 32.8 Å². The molecule has 0 aliphatic carbocycles. The molecule has 2 N–H and O–H groups in total. The summed E-state index contributed by atoms with van der Waals surface area (Å²) in [6.07, 6.45) is 0.287. The number of aromatic nitrogens is 3. The number of nitrogens with zero attached hydrogens (tertiary/aromatic N) is 2. The number of hydrogen-bond acceptors (Lipinski definition) is 6. The smallest absolute Gasteiger partial charge is 0.231 e. The molecule has 9 heteroatoms. The van der Waals surface area contributed by atoms with Gasteiger partial charge in [-0.05, 0) is 61.1 Å². The minimum Gasteiger partial charge on any atom is -0.494 e. The first kappa shape index (κ1) is 22.8. The molecule has 2 heterocycles. The molecular weight excluding hydrogens is 440 g/mol. The van der Waals surface area contributed by atoms with Gasteiger partial charge in [0.15, 0.2) is 22.1 Å². The molecule has 1 aromatic heterocycles. The van der Waals surface area contributed by atoms with Gasteiger partial charge in [-0.1, -0.05) is 19.9 Å². The Morgan fingerprint density at radius 1 is 1.21 bits per heavy atom. The highest BCUT2D eigenvalue weighted by Gasteiger charge is 2.24. The molecular formula is C24H28N4O4S. The second-order valence-electron chi connectivity index (χ2n) is 8.44. The van der Waals surface area contributed by atoms with E-state index in [0.29, 0.717) is 30.3 Å². The van der Waals surface area contributed by atoms with Gasteiger partial charge in [0.25, 0.3) is 0 Å². The fourth-order valence-corrected chi connectivity index (χ4v) is 3.88. The maximum atomic E-state index is 12.6. The molecule has 1 aliphatic rings. The summed E-state index contributed by atoms with van der Waals surface area (Å²) < 4.78 is 18.7. The second-order valence-corrected chi connectivity index (χ2v) is 8.83. The third-order valence-corrected chi connectivity index (χ3v) is 5.94. The van der Waals surface area contributed by atoms with Crippen LogP contribution in [0.25, 0.3) is 11.4 Å². The third kappa shape index (κ3) is 5.19. The lowest BCUT2D eigenvalue weighted by atomic mass is 9.84. The van der Waals surface area contributed by atoms with Crippen molar-refractivity contribution in [3.05, 3.63) is 52.8 Å². The van der Waals surface area contributed by atoms with Crippen LogP contribution in [-0.2, 0) is 16.8 Å². The number of aromatic amines is 1. The van der Waals surface area contributed by atoms with Crippen molar-refractivity contribution in [2.45, 2.75) is 39.2 Å². The highest BCUT2D eigenvalue weighted by atomic mass is 32.1. The van der Waals surface area contributed by atoms with Gasteiger partial charge < -0.3 is 19.5 Å². The van der Waals surface area contributed by atoms with Gasteiger partial charge in [-0.15, -0.1) is 0 Å². The minimum absolute atomic E-state index is 0.0513. The first-order valence-electron chi connectivity index (χ1n) is 10.9. The Labute approximate surface area is 197 Å². The zero-order valence-corrected chi connectivity index (χ0v) is 19.8. The normalized spacial score (nSPS) is 12.6. The van der Waals surface area contributed by atoms with E-state index in [9.17, 15) is 4.79 Å². The van der Waals surface area contributed by atoms with E-state index in [1.807, 2.05) is 54.0 Å². The van der Waals surface area contributed by atoms with Gasteiger partial charge in [0.05, 0.1) is 6.61 Å². The van der Waals surface area contributed by atoms with Crippen LogP contribution in [0.4, 0.5) is 0 Å². The molecule has 3 aromatic rings. The van der Waals surface area contributed by atoms with Gasteiger partial charge in [-0.25, -0.2) is 0 Å². The summed E-state index contributed by atoms with van der Waals surface area (Å²) in [5, 5.41) is 10.2. The SMILES string of the molecule is CCOc1ccc(-c2n[nH]c(=S)n2CCC(=O)NCC(C)(C)c2ccc3c(c2)OCO3)cc1. The standard InChI is InChI=1S/C24H28N4O4S/c1-4-30-18-8-5-16(6-9-18)22-26-27-23(33)28(22)12-11-21(29)25-14-24(2,3)17-7-10-19-20(13-17)32-15-31-19/h5-10,13H,4,11-12,14-15H2,1-3H3,(H,25,29)(H,27,33). The van der Waals surface area contributed by atoms with Crippen molar-refractivity contribution in [3.8, 4) is 28.6 Å². The number of hydrogen-bond donors (Lipinski definition) is 2. The fourth-order valence-electron chi connectivity index (χ4n) is 3.65. The van der Waals surface area contributed by atoms with Crippen LogP contribution in [0.5, 0.6) is 17.2 Å². The lowest BCUT2D eigenvalue weighted by molar-refractivity contribution is -0.121. The Morgan fingerprint density at radius 2 is 1.97 bits per heavy atom. The van der Waals surface area contributed by atoms with Gasteiger partial charge in [-0.3, -0.25) is 14.5 Å². The van der Waals surface area contributed by atoms with Gasteiger partial charge in [-0.2, -0.15) is 5.10 Å². The first-order valence-corrected chi connectivity index (χ1v) is 11.3. The second kappa shape index (κ2) is 9.66. The maximum Gasteiger partial charge on any atom is 0.231 e. The fraction of sp³-hybridized carbons (Fsp3) is 0.375. The Balaban J connectivity index is 1.36. The molecule has 0 saturated heterocycles. The number of nitrogens with one attached hydrogen (secondary N) is 2. The van der Waals surface area contributed by atoms with Gasteiger partial charge in [0.2, 0.25) is 12.7 Å². The summed E-state index contributed by atoms with van der Waals surface area (Å²) >= 11 is 5.39. The van der Waals surface area contributed by atoms with Crippen LogP contribution in [0, 0.1) is 4.77 Å². The third-order valence-electron chi connectivity index (χ3n) is 5.63. The van der Waals surface area contributed by atoms with E-state index in [4.69, 9.17) is 26.4 Å². The van der Waals surface area contributed by atoms with Gasteiger partial charge >= 0.3 is 0 Å². The summed E-state index contributed by atoms with van der Waals surface area (Å²) in [4.78, 5) is 12.6. The predicted octanol–water partition coefficient (Wildman–Crippen LogP) is 4.22. The molecule has 1 aliphatic heterocycles. The van der Waals surface area contributed by atoms with E-state index in [1.54, 1.807) is 0 Å². The van der Waals surface area contributed by atoms with E-state index in [1.165, 1.54) is 0 Å². The van der Waals surface area contributed by atoms with Crippen LogP contribution in [0.3, 0.4) is 0 Å². The van der Waals surface area contributed by atoms with Crippen molar-refractivity contribution in [3.63, 3.8) is 0 Å². The molecule has 8 nitrogen and oxygen atoms in total. The zero-order valence-electron chi connectivity index (χ0n) is 19.0. The van der Waals surface area contributed by atoms with Crippen molar-refractivity contribution < 1.29 is 19.0 Å². The first-order chi connectivity index (χ1) is 15.9. The van der Waals surface area contributed by atoms with E-state index in [2.05, 4.69) is 29.4 Å². The zero-order chi connectivity index (χ0) is 23.4. The largest absolute Gasteiger partial charge is 0.494 e. The highest BCUT2D eigenvalue weighted by molar-refractivity contribution is 7.71. The van der Waals surface area contributed by atoms with Crippen LogP contribution >= 0.6 is 12.2 Å². The molecule has 174 valence electrons. The Hall–Kier alpha value is -3.33. The van der Waals surface area contributed by atoms with Gasteiger partial charge in [0, 0.05) is 30.5 Å². The van der Waals surface area contributed by atoms with Crippen molar-refractivity contribution >= 4 is 18.1 Å². The molecule has 0 spiro atoms. The molecule has 33 heavy (non-hydrogen) atoms. The molecule has 0 unspecified atom stereocenters. The van der Waals surface area contributed by atoms with E-state index >= 15 is 0 Å². The number of carbonyl (C=O) groups excluding carboxylic acids is 1. The summed E-state index contributed by atoms with van der Waals surface area (Å²) in [6.45, 7) is 7.88. The van der Waals surface area contributed by atoms with E-state index in [-0.39, 0.29) is 24.5 Å². The molecule has 0 atom stereocenters. The molecule has 0 radical (unpaired) electrons. The molecule has 2 aromatic carbocycles. The number of amides is 1. The summed E-state index contributed by atoms with van der Waals surface area (Å²) in [5.41, 5.74) is 1.70. The molecule has 0 fully saturated rings. The van der Waals surface area contributed by atoms with Crippen molar-refractivity contribution in [2.75, 3.05) is 19.9 Å². The number of ether oxygens (including phenoxy) is 3. The highest BCUT2D eigenvalue weighted by Crippen LogP contribution is 2.36. The number of rotatable bonds is 9. The van der Waals surface area contributed by atoms with Gasteiger partial charge in [0.1, 0.15) is 5.75 Å². The van der Waals surface area contributed by atoms with Crippen LogP contribution in [0.15, 0.2) is 42.5 Å². The summed E-state index contributed by atoms with van der Waals surface area (Å²) in [6, 6.07) is 13.5. The molecule has 0 bridgehead atoms. The Bertz CT molecular complexity index is 1180. The van der Waals surface area contributed by atoms with Crippen LogP contribution < -0.4 is 19.5 Å². The number of H-pyrrole nitrogens is 1. The topological polar surface area (TPSA) is 90.4 Å². The number of benzene rings is 2. The van der Waals surface area contributed by atoms with Crippen molar-refractivity contribution in [1.82, 2.24) is 20.1 Å².